The molecule has 34 heavy (non-hydrogen) atoms. The van der Waals surface area contributed by atoms with Crippen LogP contribution >= 0.6 is 0 Å². The van der Waals surface area contributed by atoms with Gasteiger partial charge in [-0.3, -0.25) is 0 Å². The fourth-order valence-corrected chi connectivity index (χ4v) is 13.3. The summed E-state index contributed by atoms with van der Waals surface area (Å²) in [5, 5.41) is 0.113. The molecule has 0 spiro atoms. The molecule has 0 unspecified atom stereocenters. The second-order valence-corrected chi connectivity index (χ2v) is 28.9. The zero-order chi connectivity index (χ0) is 27.1. The molecule has 1 rings (SSSR count). The van der Waals surface area contributed by atoms with E-state index in [9.17, 15) is 0 Å². The molecule has 0 aliphatic carbocycles. The Bertz CT molecular complexity index is 669. The number of ether oxygens (including phenoxy) is 1. The second-order valence-electron chi connectivity index (χ2n) is 14.2. The Morgan fingerprint density at radius 3 is 1.68 bits per heavy atom. The third-order valence-corrected chi connectivity index (χ3v) is 19.7. The molecule has 202 valence electrons. The van der Waals surface area contributed by atoms with Crippen LogP contribution in [0.3, 0.4) is 0 Å². The SMILES string of the molecule is C=C(C)[C@@H](O[Si](C)(C)C)[C@]1(C)O[C@H]1[C@@H](CO[Si](C(C)C)(C(C)C)C(C)C)O[Si](C)(C)C(C)(C)C. The van der Waals surface area contributed by atoms with Gasteiger partial charge in [0.05, 0.1) is 18.8 Å². The van der Waals surface area contributed by atoms with E-state index in [0.717, 1.165) is 5.57 Å². The standard InChI is InChI=1S/C27H58O4Si3/c1-19(2)24(31-32(13,14)15)27(12)25(29-27)23(30-33(16,17)26(9,10)11)18-28-34(20(3)4,21(5)6)22(7)8/h20-25H,1,18H2,2-17H3/t23-,24-,25+,27+/m1/s1. The second kappa shape index (κ2) is 10.9. The van der Waals surface area contributed by atoms with Crippen molar-refractivity contribution >= 4 is 25.0 Å². The van der Waals surface area contributed by atoms with Crippen LogP contribution in [-0.4, -0.2) is 55.5 Å². The van der Waals surface area contributed by atoms with Crippen molar-refractivity contribution in [3.8, 4) is 0 Å². The summed E-state index contributed by atoms with van der Waals surface area (Å²) >= 11 is 0. The van der Waals surface area contributed by atoms with Crippen molar-refractivity contribution in [2.75, 3.05) is 6.61 Å². The molecule has 0 aromatic heterocycles. The topological polar surface area (TPSA) is 40.2 Å². The molecule has 1 saturated heterocycles. The first-order chi connectivity index (χ1) is 15.0. The largest absolute Gasteiger partial charge is 0.413 e. The Hall–Kier alpha value is 0.231. The monoisotopic (exact) mass is 530 g/mol. The van der Waals surface area contributed by atoms with E-state index in [1.165, 1.54) is 0 Å². The van der Waals surface area contributed by atoms with Crippen LogP contribution in [0, 0.1) is 0 Å². The van der Waals surface area contributed by atoms with Gasteiger partial charge in [-0.15, -0.1) is 0 Å². The van der Waals surface area contributed by atoms with Crippen LogP contribution < -0.4 is 0 Å². The van der Waals surface area contributed by atoms with E-state index in [1.54, 1.807) is 0 Å². The normalized spacial score (nSPS) is 24.1. The maximum Gasteiger partial charge on any atom is 0.200 e. The molecule has 1 aliphatic rings. The molecule has 4 nitrogen and oxygen atoms in total. The minimum absolute atomic E-state index is 0.0575. The van der Waals surface area contributed by atoms with E-state index in [4.69, 9.17) is 18.0 Å². The van der Waals surface area contributed by atoms with Gasteiger partial charge in [0.25, 0.3) is 0 Å². The third-order valence-electron chi connectivity index (χ3n) is 8.12. The number of rotatable bonds is 13. The molecule has 0 aromatic rings. The van der Waals surface area contributed by atoms with E-state index in [1.807, 2.05) is 0 Å². The van der Waals surface area contributed by atoms with E-state index in [-0.39, 0.29) is 23.4 Å². The molecule has 1 heterocycles. The maximum absolute atomic E-state index is 7.07. The fourth-order valence-electron chi connectivity index (χ4n) is 5.42. The van der Waals surface area contributed by atoms with Crippen LogP contribution in [0.5, 0.6) is 0 Å². The van der Waals surface area contributed by atoms with Crippen molar-refractivity contribution < 1.29 is 18.0 Å². The Kier molecular flexibility index (Phi) is 10.4. The highest BCUT2D eigenvalue weighted by Gasteiger charge is 2.64. The highest BCUT2D eigenvalue weighted by atomic mass is 28.4. The van der Waals surface area contributed by atoms with Gasteiger partial charge >= 0.3 is 0 Å². The van der Waals surface area contributed by atoms with Crippen molar-refractivity contribution in [2.24, 2.45) is 0 Å². The van der Waals surface area contributed by atoms with Gasteiger partial charge < -0.3 is 18.0 Å². The Labute approximate surface area is 215 Å². The summed E-state index contributed by atoms with van der Waals surface area (Å²) < 4.78 is 27.2. The third kappa shape index (κ3) is 7.17. The highest BCUT2D eigenvalue weighted by Crippen LogP contribution is 2.49. The summed E-state index contributed by atoms with van der Waals surface area (Å²) in [6, 6.07) is 0. The Morgan fingerprint density at radius 2 is 1.35 bits per heavy atom. The molecule has 7 heteroatoms. The van der Waals surface area contributed by atoms with E-state index >= 15 is 0 Å². The van der Waals surface area contributed by atoms with Crippen LogP contribution in [0.2, 0.25) is 54.4 Å². The fraction of sp³-hybridized carbons (Fsp3) is 0.926. The van der Waals surface area contributed by atoms with Crippen LogP contribution in [0.1, 0.15) is 76.2 Å². The lowest BCUT2D eigenvalue weighted by Crippen LogP contribution is -2.53. The number of epoxide rings is 1. The maximum atomic E-state index is 7.07. The zero-order valence-corrected chi connectivity index (χ0v) is 28.5. The van der Waals surface area contributed by atoms with Crippen molar-refractivity contribution in [2.45, 2.75) is 154 Å². The summed E-state index contributed by atoms with van der Waals surface area (Å²) in [6.45, 7) is 41.4. The zero-order valence-electron chi connectivity index (χ0n) is 25.5. The van der Waals surface area contributed by atoms with Crippen molar-refractivity contribution in [1.82, 2.24) is 0 Å². The minimum Gasteiger partial charge on any atom is -0.413 e. The average Bonchev–Trinajstić information content (AvgIpc) is 3.28. The van der Waals surface area contributed by atoms with Gasteiger partial charge in [-0.1, -0.05) is 74.5 Å². The summed E-state index contributed by atoms with van der Waals surface area (Å²) in [4.78, 5) is 0. The molecule has 0 aromatic carbocycles. The first-order valence-electron chi connectivity index (χ1n) is 13.4. The predicted molar refractivity (Wildman–Crippen MR) is 155 cm³/mol. The van der Waals surface area contributed by atoms with E-state index in [0.29, 0.717) is 23.2 Å². The predicted octanol–water partition coefficient (Wildman–Crippen LogP) is 8.52. The number of hydrogen-bond acceptors (Lipinski definition) is 4. The summed E-state index contributed by atoms with van der Waals surface area (Å²) in [5.74, 6) is 0. The Morgan fingerprint density at radius 1 is 0.912 bits per heavy atom. The Balaban J connectivity index is 3.35. The summed E-state index contributed by atoms with van der Waals surface area (Å²) in [6.07, 6.45) is -0.295. The van der Waals surface area contributed by atoms with Gasteiger partial charge in [0.2, 0.25) is 0 Å². The van der Waals surface area contributed by atoms with Gasteiger partial charge in [-0.05, 0) is 68.2 Å². The molecule has 1 fully saturated rings. The first kappa shape index (κ1) is 32.3. The van der Waals surface area contributed by atoms with Crippen LogP contribution in [-0.2, 0) is 18.0 Å². The smallest absolute Gasteiger partial charge is 0.200 e. The van der Waals surface area contributed by atoms with Gasteiger partial charge in [-0.2, -0.15) is 0 Å². The van der Waals surface area contributed by atoms with Gasteiger partial charge in [0, 0.05) is 0 Å². The van der Waals surface area contributed by atoms with Gasteiger partial charge in [-0.25, -0.2) is 0 Å². The van der Waals surface area contributed by atoms with Crippen LogP contribution in [0.15, 0.2) is 12.2 Å². The summed E-state index contributed by atoms with van der Waals surface area (Å²) in [7, 11) is -5.85. The molecular weight excluding hydrogens is 473 g/mol. The molecule has 0 amide bonds. The minimum atomic E-state index is -2.04. The molecule has 0 bridgehead atoms. The molecule has 0 N–H and O–H groups in total. The number of hydrogen-bond donors (Lipinski definition) is 0. The van der Waals surface area contributed by atoms with Gasteiger partial charge in [0.1, 0.15) is 11.7 Å². The lowest BCUT2D eigenvalue weighted by atomic mass is 9.93. The van der Waals surface area contributed by atoms with Crippen LogP contribution in [0.4, 0.5) is 0 Å². The van der Waals surface area contributed by atoms with Gasteiger partial charge in [0.15, 0.2) is 25.0 Å². The van der Waals surface area contributed by atoms with E-state index < -0.39 is 30.6 Å². The lowest BCUT2D eigenvalue weighted by molar-refractivity contribution is 0.0807. The van der Waals surface area contributed by atoms with Crippen molar-refractivity contribution in [3.63, 3.8) is 0 Å². The molecule has 0 saturated carbocycles. The van der Waals surface area contributed by atoms with Crippen molar-refractivity contribution in [3.05, 3.63) is 12.2 Å². The highest BCUT2D eigenvalue weighted by molar-refractivity contribution is 6.77. The van der Waals surface area contributed by atoms with Crippen molar-refractivity contribution in [1.29, 1.82) is 0 Å². The van der Waals surface area contributed by atoms with Crippen LogP contribution in [0.25, 0.3) is 0 Å². The summed E-state index contributed by atoms with van der Waals surface area (Å²) in [5.41, 5.74) is 2.19. The first-order valence-corrected chi connectivity index (χ1v) is 21.8. The molecule has 0 radical (unpaired) electrons. The quantitative estimate of drug-likeness (QED) is 0.136. The van der Waals surface area contributed by atoms with E-state index in [2.05, 4.69) is 115 Å². The molecule has 4 atom stereocenters. The molecular formula is C27H58O4Si3. The molecule has 1 aliphatic heterocycles. The average molecular weight is 531 g/mol. The lowest BCUT2D eigenvalue weighted by Gasteiger charge is -2.44.